The second-order valence-corrected chi connectivity index (χ2v) is 8.04. The molecule has 0 spiro atoms. The summed E-state index contributed by atoms with van der Waals surface area (Å²) >= 11 is 5.98. The number of halogens is 2. The van der Waals surface area contributed by atoms with Gasteiger partial charge in [-0.05, 0) is 23.8 Å². The number of nitrogens with zero attached hydrogens (tertiary/aromatic N) is 3. The third-order valence-electron chi connectivity index (χ3n) is 3.76. The highest BCUT2D eigenvalue weighted by Gasteiger charge is 2.18. The molecule has 1 aromatic carbocycles. The fraction of sp³-hybridized carbons (Fsp3) is 0.188. The van der Waals surface area contributed by atoms with Crippen molar-refractivity contribution in [1.29, 1.82) is 0 Å². The SMILES string of the molecule is CCS(=O)(=O)c1ccc(Cl)cc1Cn1cnc2cnc(F)cc2c1=O. The summed E-state index contributed by atoms with van der Waals surface area (Å²) in [6.45, 7) is 1.48. The van der Waals surface area contributed by atoms with Crippen molar-refractivity contribution in [2.75, 3.05) is 5.75 Å². The Morgan fingerprint density at radius 1 is 1.24 bits per heavy atom. The molecule has 0 aliphatic carbocycles. The van der Waals surface area contributed by atoms with Crippen molar-refractivity contribution in [2.45, 2.75) is 18.4 Å². The Kier molecular flexibility index (Phi) is 4.57. The van der Waals surface area contributed by atoms with Gasteiger partial charge in [-0.1, -0.05) is 18.5 Å². The van der Waals surface area contributed by atoms with Crippen LogP contribution >= 0.6 is 11.6 Å². The van der Waals surface area contributed by atoms with E-state index in [9.17, 15) is 17.6 Å². The smallest absolute Gasteiger partial charge is 0.261 e. The van der Waals surface area contributed by atoms with Gasteiger partial charge in [-0.3, -0.25) is 9.36 Å². The van der Waals surface area contributed by atoms with Crippen molar-refractivity contribution in [2.24, 2.45) is 0 Å². The molecule has 0 aliphatic rings. The van der Waals surface area contributed by atoms with Gasteiger partial charge in [0.15, 0.2) is 9.84 Å². The van der Waals surface area contributed by atoms with Crippen LogP contribution in [0.3, 0.4) is 0 Å². The van der Waals surface area contributed by atoms with Crippen LogP contribution in [-0.4, -0.2) is 28.7 Å². The Morgan fingerprint density at radius 3 is 2.72 bits per heavy atom. The molecule has 3 rings (SSSR count). The number of sulfone groups is 1. The molecule has 0 aliphatic heterocycles. The molecule has 3 aromatic rings. The first-order valence-electron chi connectivity index (χ1n) is 7.33. The van der Waals surface area contributed by atoms with Gasteiger partial charge in [0.1, 0.15) is 0 Å². The zero-order valence-corrected chi connectivity index (χ0v) is 14.7. The highest BCUT2D eigenvalue weighted by molar-refractivity contribution is 7.91. The Labute approximate surface area is 147 Å². The lowest BCUT2D eigenvalue weighted by Crippen LogP contribution is -2.22. The molecule has 0 saturated carbocycles. The fourth-order valence-electron chi connectivity index (χ4n) is 2.46. The largest absolute Gasteiger partial charge is 0.294 e. The van der Waals surface area contributed by atoms with E-state index < -0.39 is 21.3 Å². The van der Waals surface area contributed by atoms with Crippen LogP contribution in [0.5, 0.6) is 0 Å². The molecule has 0 saturated heterocycles. The van der Waals surface area contributed by atoms with E-state index in [0.717, 1.165) is 6.07 Å². The summed E-state index contributed by atoms with van der Waals surface area (Å²) in [6.07, 6.45) is 2.44. The van der Waals surface area contributed by atoms with E-state index in [4.69, 9.17) is 11.6 Å². The predicted molar refractivity (Wildman–Crippen MR) is 92.0 cm³/mol. The second-order valence-electron chi connectivity index (χ2n) is 5.36. The number of hydrogen-bond acceptors (Lipinski definition) is 5. The summed E-state index contributed by atoms with van der Waals surface area (Å²) < 4.78 is 39.0. The van der Waals surface area contributed by atoms with Crippen molar-refractivity contribution in [1.82, 2.24) is 14.5 Å². The van der Waals surface area contributed by atoms with Crippen molar-refractivity contribution >= 4 is 32.3 Å². The van der Waals surface area contributed by atoms with Gasteiger partial charge in [-0.25, -0.2) is 18.4 Å². The molecular formula is C16H13ClFN3O3S. The first-order valence-corrected chi connectivity index (χ1v) is 9.36. The van der Waals surface area contributed by atoms with E-state index in [1.807, 2.05) is 0 Å². The molecule has 2 aromatic heterocycles. The molecule has 0 atom stereocenters. The summed E-state index contributed by atoms with van der Waals surface area (Å²) in [4.78, 5) is 20.2. The normalized spacial score (nSPS) is 11.8. The van der Waals surface area contributed by atoms with Gasteiger partial charge in [-0.15, -0.1) is 0 Å². The minimum Gasteiger partial charge on any atom is -0.294 e. The fourth-order valence-corrected chi connectivity index (χ4v) is 3.77. The highest BCUT2D eigenvalue weighted by atomic mass is 35.5. The molecule has 0 fully saturated rings. The lowest BCUT2D eigenvalue weighted by molar-refractivity contribution is 0.585. The van der Waals surface area contributed by atoms with Gasteiger partial charge in [0, 0.05) is 11.1 Å². The van der Waals surface area contributed by atoms with Gasteiger partial charge in [-0.2, -0.15) is 4.39 Å². The Hall–Kier alpha value is -2.32. The monoisotopic (exact) mass is 381 g/mol. The summed E-state index contributed by atoms with van der Waals surface area (Å²) in [6, 6.07) is 5.40. The zero-order valence-electron chi connectivity index (χ0n) is 13.1. The Morgan fingerprint density at radius 2 is 2.00 bits per heavy atom. The standard InChI is InChI=1S/C16H13ClFN3O3S/c1-2-25(23,24)14-4-3-11(17)5-10(14)8-21-9-20-13-7-19-15(18)6-12(13)16(21)22/h3-7,9H,2,8H2,1H3. The molecule has 25 heavy (non-hydrogen) atoms. The maximum Gasteiger partial charge on any atom is 0.261 e. The van der Waals surface area contributed by atoms with Crippen LogP contribution in [0.1, 0.15) is 12.5 Å². The van der Waals surface area contributed by atoms with Crippen molar-refractivity contribution < 1.29 is 12.8 Å². The summed E-state index contributed by atoms with van der Waals surface area (Å²) in [5.74, 6) is -0.871. The molecule has 0 amide bonds. The third kappa shape index (κ3) is 3.40. The van der Waals surface area contributed by atoms with Gasteiger partial charge in [0.2, 0.25) is 5.95 Å². The summed E-state index contributed by atoms with van der Waals surface area (Å²) in [5.41, 5.74) is 0.133. The number of pyridine rings is 1. The van der Waals surface area contributed by atoms with Gasteiger partial charge < -0.3 is 0 Å². The number of aromatic nitrogens is 3. The molecule has 0 unspecified atom stereocenters. The molecule has 9 heteroatoms. The Balaban J connectivity index is 2.15. The van der Waals surface area contributed by atoms with Crippen LogP contribution < -0.4 is 5.56 Å². The predicted octanol–water partition coefficient (Wildman–Crippen LogP) is 2.43. The lowest BCUT2D eigenvalue weighted by Gasteiger charge is -2.12. The number of fused-ring (bicyclic) bond motifs is 1. The van der Waals surface area contributed by atoms with Crippen molar-refractivity contribution in [3.8, 4) is 0 Å². The first-order chi connectivity index (χ1) is 11.8. The van der Waals surface area contributed by atoms with E-state index in [1.165, 1.54) is 42.2 Å². The molecule has 6 nitrogen and oxygen atoms in total. The highest BCUT2D eigenvalue weighted by Crippen LogP contribution is 2.22. The van der Waals surface area contributed by atoms with Crippen LogP contribution in [0.2, 0.25) is 5.02 Å². The van der Waals surface area contributed by atoms with Gasteiger partial charge >= 0.3 is 0 Å². The van der Waals surface area contributed by atoms with Crippen molar-refractivity contribution in [3.63, 3.8) is 0 Å². The first kappa shape index (κ1) is 17.5. The maximum absolute atomic E-state index is 13.3. The number of hydrogen-bond donors (Lipinski definition) is 0. The van der Waals surface area contributed by atoms with E-state index in [-0.39, 0.29) is 28.1 Å². The summed E-state index contributed by atoms with van der Waals surface area (Å²) in [5, 5.41) is 0.416. The molecule has 0 radical (unpaired) electrons. The van der Waals surface area contributed by atoms with E-state index >= 15 is 0 Å². The average molecular weight is 382 g/mol. The van der Waals surface area contributed by atoms with E-state index in [2.05, 4.69) is 9.97 Å². The molecular weight excluding hydrogens is 369 g/mol. The van der Waals surface area contributed by atoms with Gasteiger partial charge in [0.05, 0.1) is 40.6 Å². The number of rotatable bonds is 4. The van der Waals surface area contributed by atoms with Crippen LogP contribution in [0.4, 0.5) is 4.39 Å². The molecule has 2 heterocycles. The second kappa shape index (κ2) is 6.53. The minimum atomic E-state index is -3.49. The molecule has 0 bridgehead atoms. The topological polar surface area (TPSA) is 81.9 Å². The lowest BCUT2D eigenvalue weighted by atomic mass is 10.2. The van der Waals surface area contributed by atoms with E-state index in [0.29, 0.717) is 10.6 Å². The quantitative estimate of drug-likeness (QED) is 0.648. The van der Waals surface area contributed by atoms with Crippen LogP contribution in [-0.2, 0) is 16.4 Å². The molecule has 0 N–H and O–H groups in total. The third-order valence-corrected chi connectivity index (χ3v) is 5.82. The maximum atomic E-state index is 13.3. The molecule has 130 valence electrons. The van der Waals surface area contributed by atoms with Gasteiger partial charge in [0.25, 0.3) is 5.56 Å². The van der Waals surface area contributed by atoms with Crippen molar-refractivity contribution in [3.05, 3.63) is 63.7 Å². The van der Waals surface area contributed by atoms with Crippen LogP contribution in [0.25, 0.3) is 10.9 Å². The Bertz CT molecular complexity index is 1130. The number of benzene rings is 1. The average Bonchev–Trinajstić information content (AvgIpc) is 2.58. The zero-order chi connectivity index (χ0) is 18.2. The van der Waals surface area contributed by atoms with Crippen LogP contribution in [0.15, 0.2) is 46.5 Å². The minimum absolute atomic E-state index is 0.0547. The summed E-state index contributed by atoms with van der Waals surface area (Å²) in [7, 11) is -3.49. The van der Waals surface area contributed by atoms with Crippen LogP contribution in [0, 0.1) is 5.95 Å². The van der Waals surface area contributed by atoms with E-state index in [1.54, 1.807) is 0 Å².